The monoisotopic (exact) mass is 230 g/mol. The molecule has 0 bridgehead atoms. The Balaban J connectivity index is 2.52. The summed E-state index contributed by atoms with van der Waals surface area (Å²) in [5, 5.41) is 0. The molecule has 0 unspecified atom stereocenters. The molecule has 0 fully saturated rings. The van der Waals surface area contributed by atoms with Crippen molar-refractivity contribution in [2.45, 2.75) is 27.3 Å². The van der Waals surface area contributed by atoms with Gasteiger partial charge in [0, 0.05) is 24.5 Å². The van der Waals surface area contributed by atoms with Crippen molar-refractivity contribution >= 4 is 10.0 Å². The van der Waals surface area contributed by atoms with Crippen LogP contribution in [0.1, 0.15) is 18.3 Å². The molecule has 0 saturated heterocycles. The third-order valence-corrected chi connectivity index (χ3v) is 3.86. The number of hydrogen-bond acceptors (Lipinski definition) is 2. The van der Waals surface area contributed by atoms with Crippen LogP contribution < -0.4 is 4.72 Å². The van der Waals surface area contributed by atoms with Crippen molar-refractivity contribution in [3.63, 3.8) is 0 Å². The second kappa shape index (κ2) is 4.81. The Kier molecular flexibility index (Phi) is 3.93. The van der Waals surface area contributed by atoms with Crippen molar-refractivity contribution in [1.82, 2.24) is 9.29 Å². The van der Waals surface area contributed by atoms with E-state index in [1.165, 1.54) is 0 Å². The highest BCUT2D eigenvalue weighted by molar-refractivity contribution is 7.89. The summed E-state index contributed by atoms with van der Waals surface area (Å²) in [5.74, 6) is 0.136. The van der Waals surface area contributed by atoms with E-state index in [0.717, 1.165) is 11.4 Å². The van der Waals surface area contributed by atoms with E-state index >= 15 is 0 Å². The summed E-state index contributed by atoms with van der Waals surface area (Å²) in [6.45, 7) is 6.80. The SMILES string of the molecule is CCS(=O)(=O)NCCn1c(C)ccc1C. The van der Waals surface area contributed by atoms with Crippen molar-refractivity contribution in [3.05, 3.63) is 23.5 Å². The molecule has 1 rings (SSSR count). The molecule has 1 aromatic rings. The van der Waals surface area contributed by atoms with E-state index < -0.39 is 10.0 Å². The topological polar surface area (TPSA) is 51.1 Å². The fourth-order valence-electron chi connectivity index (χ4n) is 1.47. The molecule has 0 aliphatic heterocycles. The zero-order valence-corrected chi connectivity index (χ0v) is 10.3. The first-order valence-corrected chi connectivity index (χ1v) is 6.71. The third-order valence-electron chi connectivity index (χ3n) is 2.45. The lowest BCUT2D eigenvalue weighted by Gasteiger charge is -2.09. The van der Waals surface area contributed by atoms with Crippen molar-refractivity contribution < 1.29 is 8.42 Å². The molecule has 0 aliphatic carbocycles. The van der Waals surface area contributed by atoms with Gasteiger partial charge in [-0.05, 0) is 32.9 Å². The molecular formula is C10H18N2O2S. The molecule has 1 aromatic heterocycles. The average Bonchev–Trinajstić information content (AvgIpc) is 2.49. The molecular weight excluding hydrogens is 212 g/mol. The number of nitrogens with one attached hydrogen (secondary N) is 1. The molecule has 4 nitrogen and oxygen atoms in total. The predicted molar refractivity (Wildman–Crippen MR) is 61.4 cm³/mol. The van der Waals surface area contributed by atoms with Gasteiger partial charge in [0.25, 0.3) is 0 Å². The number of nitrogens with zero attached hydrogens (tertiary/aromatic N) is 1. The van der Waals surface area contributed by atoms with E-state index in [2.05, 4.69) is 9.29 Å². The van der Waals surface area contributed by atoms with Crippen LogP contribution in [0.4, 0.5) is 0 Å². The molecule has 0 aliphatic rings. The molecule has 1 heterocycles. The summed E-state index contributed by atoms with van der Waals surface area (Å²) < 4.78 is 27.0. The van der Waals surface area contributed by atoms with Gasteiger partial charge < -0.3 is 4.57 Å². The smallest absolute Gasteiger partial charge is 0.211 e. The Hall–Kier alpha value is -0.810. The van der Waals surface area contributed by atoms with Crippen LogP contribution in [0.5, 0.6) is 0 Å². The van der Waals surface area contributed by atoms with E-state index in [1.54, 1.807) is 6.92 Å². The highest BCUT2D eigenvalue weighted by atomic mass is 32.2. The fraction of sp³-hybridized carbons (Fsp3) is 0.600. The average molecular weight is 230 g/mol. The number of aromatic nitrogens is 1. The van der Waals surface area contributed by atoms with Crippen molar-refractivity contribution in [2.24, 2.45) is 0 Å². The maximum Gasteiger partial charge on any atom is 0.211 e. The Bertz CT molecular complexity index is 401. The number of rotatable bonds is 5. The normalized spacial score (nSPS) is 11.9. The van der Waals surface area contributed by atoms with Crippen LogP contribution in [-0.4, -0.2) is 25.3 Å². The highest BCUT2D eigenvalue weighted by Crippen LogP contribution is 2.05. The van der Waals surface area contributed by atoms with E-state index in [0.29, 0.717) is 13.1 Å². The van der Waals surface area contributed by atoms with Crippen LogP contribution >= 0.6 is 0 Å². The third kappa shape index (κ3) is 3.35. The minimum atomic E-state index is -3.06. The summed E-state index contributed by atoms with van der Waals surface area (Å²) in [6.07, 6.45) is 0. The van der Waals surface area contributed by atoms with Crippen LogP contribution in [0.3, 0.4) is 0 Å². The van der Waals surface area contributed by atoms with Gasteiger partial charge in [0.2, 0.25) is 10.0 Å². The van der Waals surface area contributed by atoms with Crippen LogP contribution in [0.2, 0.25) is 0 Å². The summed E-state index contributed by atoms with van der Waals surface area (Å²) in [4.78, 5) is 0. The second-order valence-corrected chi connectivity index (χ2v) is 5.66. The summed E-state index contributed by atoms with van der Waals surface area (Å²) >= 11 is 0. The van der Waals surface area contributed by atoms with Gasteiger partial charge in [-0.3, -0.25) is 0 Å². The maximum atomic E-state index is 11.2. The lowest BCUT2D eigenvalue weighted by molar-refractivity contribution is 0.571. The molecule has 1 N–H and O–H groups in total. The van der Waals surface area contributed by atoms with Crippen molar-refractivity contribution in [1.29, 1.82) is 0 Å². The molecule has 0 amide bonds. The lowest BCUT2D eigenvalue weighted by Crippen LogP contribution is -2.29. The molecule has 0 saturated carbocycles. The first-order chi connectivity index (χ1) is 6.96. The Morgan fingerprint density at radius 2 is 1.80 bits per heavy atom. The van der Waals surface area contributed by atoms with Crippen LogP contribution in [0, 0.1) is 13.8 Å². The van der Waals surface area contributed by atoms with Gasteiger partial charge in [-0.1, -0.05) is 0 Å². The predicted octanol–water partition coefficient (Wildman–Crippen LogP) is 1.04. The van der Waals surface area contributed by atoms with Crippen LogP contribution in [0.15, 0.2) is 12.1 Å². The first kappa shape index (κ1) is 12.3. The van der Waals surface area contributed by atoms with Gasteiger partial charge >= 0.3 is 0 Å². The van der Waals surface area contributed by atoms with Gasteiger partial charge in [-0.15, -0.1) is 0 Å². The zero-order valence-electron chi connectivity index (χ0n) is 9.45. The first-order valence-electron chi connectivity index (χ1n) is 5.06. The quantitative estimate of drug-likeness (QED) is 0.822. The van der Waals surface area contributed by atoms with Gasteiger partial charge in [-0.2, -0.15) is 0 Å². The molecule has 0 atom stereocenters. The molecule has 0 spiro atoms. The lowest BCUT2D eigenvalue weighted by atomic mass is 10.5. The standard InChI is InChI=1S/C10H18N2O2S/c1-4-15(13,14)11-7-8-12-9(2)5-6-10(12)3/h5-6,11H,4,7-8H2,1-3H3. The molecule has 0 radical (unpaired) electrons. The maximum absolute atomic E-state index is 11.2. The van der Waals surface area contributed by atoms with Gasteiger partial charge in [0.15, 0.2) is 0 Å². The summed E-state index contributed by atoms with van der Waals surface area (Å²) in [7, 11) is -3.06. The molecule has 0 aromatic carbocycles. The van der Waals surface area contributed by atoms with E-state index in [1.807, 2.05) is 26.0 Å². The highest BCUT2D eigenvalue weighted by Gasteiger charge is 2.06. The summed E-state index contributed by atoms with van der Waals surface area (Å²) in [6, 6.07) is 4.06. The van der Waals surface area contributed by atoms with Gasteiger partial charge in [-0.25, -0.2) is 13.1 Å². The van der Waals surface area contributed by atoms with Crippen LogP contribution in [0.25, 0.3) is 0 Å². The van der Waals surface area contributed by atoms with E-state index in [4.69, 9.17) is 0 Å². The minimum absolute atomic E-state index is 0.136. The Morgan fingerprint density at radius 1 is 1.27 bits per heavy atom. The minimum Gasteiger partial charge on any atom is -0.348 e. The Morgan fingerprint density at radius 3 is 2.27 bits per heavy atom. The fourth-order valence-corrected chi connectivity index (χ4v) is 2.07. The molecule has 86 valence electrons. The van der Waals surface area contributed by atoms with Gasteiger partial charge in [0.1, 0.15) is 0 Å². The van der Waals surface area contributed by atoms with Gasteiger partial charge in [0.05, 0.1) is 5.75 Å². The largest absolute Gasteiger partial charge is 0.348 e. The number of aryl methyl sites for hydroxylation is 2. The second-order valence-electron chi connectivity index (χ2n) is 3.57. The van der Waals surface area contributed by atoms with E-state index in [-0.39, 0.29) is 5.75 Å². The zero-order chi connectivity index (χ0) is 11.5. The Labute approximate surface area is 91.4 Å². The number of hydrogen-bond donors (Lipinski definition) is 1. The summed E-state index contributed by atoms with van der Waals surface area (Å²) in [5.41, 5.74) is 2.31. The van der Waals surface area contributed by atoms with E-state index in [9.17, 15) is 8.42 Å². The van der Waals surface area contributed by atoms with Crippen LogP contribution in [-0.2, 0) is 16.6 Å². The molecule has 15 heavy (non-hydrogen) atoms. The number of sulfonamides is 1. The van der Waals surface area contributed by atoms with Crippen molar-refractivity contribution in [2.75, 3.05) is 12.3 Å². The van der Waals surface area contributed by atoms with Crippen molar-refractivity contribution in [3.8, 4) is 0 Å². The molecule has 5 heteroatoms.